The quantitative estimate of drug-likeness (QED) is 0.373. The van der Waals surface area contributed by atoms with E-state index in [1.54, 1.807) is 0 Å². The van der Waals surface area contributed by atoms with Crippen molar-refractivity contribution in [2.24, 2.45) is 0 Å². The fourth-order valence-corrected chi connectivity index (χ4v) is 6.40. The highest BCUT2D eigenvalue weighted by atomic mass is 35.5. The molecule has 2 aliphatic rings. The van der Waals surface area contributed by atoms with Crippen LogP contribution in [0.2, 0.25) is 5.02 Å². The number of amides is 1. The number of anilines is 1. The van der Waals surface area contributed by atoms with E-state index in [9.17, 15) is 4.79 Å². The first-order chi connectivity index (χ1) is 17.1. The number of carbonyl (C=O) groups excluding carboxylic acids is 1. The first-order valence-electron chi connectivity index (χ1n) is 13.1. The standard InChI is InChI=1S/C31H35ClN2O/c1-23-11-5-6-14-26(23)31(35)34(30-18-10-8-16-28(30)32)25-19-21-33(22-20-25)29-17-9-7-15-27(29)24-12-3-2-4-13-24/h2-6,8,10-14,16,18,25,27,29H,7,9,15,17,19-22H2,1H3/t27-,29-/m1/s1. The van der Waals surface area contributed by atoms with Crippen LogP contribution in [0.15, 0.2) is 78.9 Å². The molecule has 0 bridgehead atoms. The Labute approximate surface area is 214 Å². The third kappa shape index (κ3) is 5.17. The van der Waals surface area contributed by atoms with E-state index in [2.05, 4.69) is 35.2 Å². The van der Waals surface area contributed by atoms with Crippen LogP contribution in [-0.2, 0) is 0 Å². The number of carbonyl (C=O) groups is 1. The van der Waals surface area contributed by atoms with Crippen LogP contribution in [0.1, 0.15) is 65.9 Å². The molecule has 1 saturated carbocycles. The molecule has 0 spiro atoms. The third-order valence-electron chi connectivity index (χ3n) is 8.00. The molecule has 2 atom stereocenters. The summed E-state index contributed by atoms with van der Waals surface area (Å²) in [5, 5.41) is 0.633. The van der Waals surface area contributed by atoms with Gasteiger partial charge in [0.1, 0.15) is 0 Å². The maximum atomic E-state index is 13.9. The second kappa shape index (κ2) is 11.0. The molecule has 35 heavy (non-hydrogen) atoms. The summed E-state index contributed by atoms with van der Waals surface area (Å²) < 4.78 is 0. The molecule has 4 heteroatoms. The second-order valence-electron chi connectivity index (χ2n) is 10.1. The van der Waals surface area contributed by atoms with Gasteiger partial charge in [-0.3, -0.25) is 9.69 Å². The SMILES string of the molecule is Cc1ccccc1C(=O)N(c1ccccc1Cl)C1CCN([C@@H]2CCCC[C@@H]2c2ccccc2)CC1. The molecule has 3 aromatic carbocycles. The first-order valence-corrected chi connectivity index (χ1v) is 13.4. The molecule has 3 nitrogen and oxygen atoms in total. The summed E-state index contributed by atoms with van der Waals surface area (Å²) in [6.45, 7) is 4.04. The Balaban J connectivity index is 1.37. The van der Waals surface area contributed by atoms with Gasteiger partial charge in [0.25, 0.3) is 5.91 Å². The molecule has 1 amide bonds. The van der Waals surface area contributed by atoms with E-state index in [1.807, 2.05) is 60.4 Å². The lowest BCUT2D eigenvalue weighted by molar-refractivity contribution is 0.0894. The van der Waals surface area contributed by atoms with E-state index in [1.165, 1.54) is 31.2 Å². The highest BCUT2D eigenvalue weighted by molar-refractivity contribution is 6.34. The molecule has 5 rings (SSSR count). The average molecular weight is 487 g/mol. The minimum atomic E-state index is 0.0504. The molecule has 1 aliphatic carbocycles. The molecule has 0 aromatic heterocycles. The Bertz CT molecular complexity index is 1140. The predicted octanol–water partition coefficient (Wildman–Crippen LogP) is 7.49. The normalized spacial score (nSPS) is 21.5. The number of piperidine rings is 1. The smallest absolute Gasteiger partial charge is 0.258 e. The fourth-order valence-electron chi connectivity index (χ4n) is 6.17. The van der Waals surface area contributed by atoms with Crippen LogP contribution in [0.5, 0.6) is 0 Å². The van der Waals surface area contributed by atoms with Gasteiger partial charge in [-0.25, -0.2) is 0 Å². The van der Waals surface area contributed by atoms with E-state index in [0.29, 0.717) is 17.0 Å². The summed E-state index contributed by atoms with van der Waals surface area (Å²) in [4.78, 5) is 18.6. The monoisotopic (exact) mass is 486 g/mol. The van der Waals surface area contributed by atoms with Crippen LogP contribution in [0, 0.1) is 6.92 Å². The minimum Gasteiger partial charge on any atom is -0.304 e. The van der Waals surface area contributed by atoms with Gasteiger partial charge in [0.2, 0.25) is 0 Å². The molecule has 1 heterocycles. The number of hydrogen-bond acceptors (Lipinski definition) is 2. The Morgan fingerprint density at radius 2 is 1.49 bits per heavy atom. The number of hydrogen-bond donors (Lipinski definition) is 0. The molecule has 3 aromatic rings. The van der Waals surface area contributed by atoms with Gasteiger partial charge in [-0.15, -0.1) is 0 Å². The minimum absolute atomic E-state index is 0.0504. The van der Waals surface area contributed by atoms with E-state index >= 15 is 0 Å². The van der Waals surface area contributed by atoms with Gasteiger partial charge in [0.15, 0.2) is 0 Å². The zero-order valence-electron chi connectivity index (χ0n) is 20.6. The number of para-hydroxylation sites is 1. The van der Waals surface area contributed by atoms with E-state index in [-0.39, 0.29) is 11.9 Å². The summed E-state index contributed by atoms with van der Waals surface area (Å²) in [6.07, 6.45) is 7.08. The van der Waals surface area contributed by atoms with Gasteiger partial charge >= 0.3 is 0 Å². The maximum Gasteiger partial charge on any atom is 0.258 e. The number of halogens is 1. The van der Waals surface area contributed by atoms with Crippen LogP contribution >= 0.6 is 11.6 Å². The molecular formula is C31H35ClN2O. The van der Waals surface area contributed by atoms with Gasteiger partial charge in [-0.2, -0.15) is 0 Å². The largest absolute Gasteiger partial charge is 0.304 e. The van der Waals surface area contributed by atoms with Crippen molar-refractivity contribution in [3.8, 4) is 0 Å². The van der Waals surface area contributed by atoms with E-state index in [0.717, 1.165) is 42.7 Å². The molecule has 2 fully saturated rings. The zero-order chi connectivity index (χ0) is 24.2. The lowest BCUT2D eigenvalue weighted by Gasteiger charge is -2.45. The Morgan fingerprint density at radius 1 is 0.829 bits per heavy atom. The van der Waals surface area contributed by atoms with Crippen LogP contribution in [0.3, 0.4) is 0 Å². The summed E-state index contributed by atoms with van der Waals surface area (Å²) >= 11 is 6.64. The van der Waals surface area contributed by atoms with Crippen LogP contribution in [0.25, 0.3) is 0 Å². The zero-order valence-corrected chi connectivity index (χ0v) is 21.3. The van der Waals surface area contributed by atoms with Crippen molar-refractivity contribution in [3.63, 3.8) is 0 Å². The number of nitrogens with zero attached hydrogens (tertiary/aromatic N) is 2. The predicted molar refractivity (Wildman–Crippen MR) is 145 cm³/mol. The summed E-state index contributed by atoms with van der Waals surface area (Å²) in [5.74, 6) is 0.657. The number of rotatable bonds is 5. The lowest BCUT2D eigenvalue weighted by Crippen LogP contribution is -2.52. The highest BCUT2D eigenvalue weighted by Crippen LogP contribution is 2.38. The highest BCUT2D eigenvalue weighted by Gasteiger charge is 2.36. The van der Waals surface area contributed by atoms with Gasteiger partial charge < -0.3 is 4.90 Å². The van der Waals surface area contributed by atoms with Gasteiger partial charge in [-0.1, -0.05) is 85.1 Å². The molecule has 0 unspecified atom stereocenters. The molecule has 1 saturated heterocycles. The van der Waals surface area contributed by atoms with Crippen molar-refractivity contribution in [1.82, 2.24) is 4.90 Å². The van der Waals surface area contributed by atoms with Crippen LogP contribution in [-0.4, -0.2) is 36.0 Å². The molecular weight excluding hydrogens is 452 g/mol. The number of aryl methyl sites for hydroxylation is 1. The average Bonchev–Trinajstić information content (AvgIpc) is 2.91. The van der Waals surface area contributed by atoms with E-state index < -0.39 is 0 Å². The van der Waals surface area contributed by atoms with Gasteiger partial charge in [-0.05, 0) is 67.9 Å². The van der Waals surface area contributed by atoms with Gasteiger partial charge in [0.05, 0.1) is 10.7 Å². The summed E-state index contributed by atoms with van der Waals surface area (Å²) in [6, 6.07) is 27.4. The third-order valence-corrected chi connectivity index (χ3v) is 8.32. The Kier molecular flexibility index (Phi) is 7.55. The summed E-state index contributed by atoms with van der Waals surface area (Å²) in [5.41, 5.74) is 4.05. The van der Waals surface area contributed by atoms with Crippen LogP contribution < -0.4 is 4.90 Å². The second-order valence-corrected chi connectivity index (χ2v) is 10.5. The Hall–Kier alpha value is -2.62. The van der Waals surface area contributed by atoms with E-state index in [4.69, 9.17) is 11.6 Å². The lowest BCUT2D eigenvalue weighted by atomic mass is 9.78. The van der Waals surface area contributed by atoms with Crippen molar-refractivity contribution in [2.75, 3.05) is 18.0 Å². The number of likely N-dealkylation sites (tertiary alicyclic amines) is 1. The first kappa shape index (κ1) is 24.1. The molecule has 0 radical (unpaired) electrons. The fraction of sp³-hybridized carbons (Fsp3) is 0.387. The van der Waals surface area contributed by atoms with Crippen molar-refractivity contribution in [1.29, 1.82) is 0 Å². The van der Waals surface area contributed by atoms with Crippen molar-refractivity contribution < 1.29 is 4.79 Å². The van der Waals surface area contributed by atoms with Crippen molar-refractivity contribution in [2.45, 2.75) is 63.5 Å². The number of benzene rings is 3. The molecule has 1 aliphatic heterocycles. The van der Waals surface area contributed by atoms with Crippen molar-refractivity contribution >= 4 is 23.2 Å². The van der Waals surface area contributed by atoms with Crippen LogP contribution in [0.4, 0.5) is 5.69 Å². The molecule has 182 valence electrons. The topological polar surface area (TPSA) is 23.6 Å². The van der Waals surface area contributed by atoms with Crippen molar-refractivity contribution in [3.05, 3.63) is 101 Å². The van der Waals surface area contributed by atoms with Gasteiger partial charge in [0, 0.05) is 30.7 Å². The molecule has 0 N–H and O–H groups in total. The Morgan fingerprint density at radius 3 is 2.23 bits per heavy atom. The summed E-state index contributed by atoms with van der Waals surface area (Å²) in [7, 11) is 0. The maximum absolute atomic E-state index is 13.9.